The topological polar surface area (TPSA) is 109 Å². The van der Waals surface area contributed by atoms with Crippen LogP contribution in [0.5, 0.6) is 5.75 Å². The first-order chi connectivity index (χ1) is 21.3. The second-order valence-electron chi connectivity index (χ2n) is 10.7. The van der Waals surface area contributed by atoms with Crippen LogP contribution in [-0.4, -0.2) is 79.6 Å². The number of carbonyl (C=O) groups is 3. The van der Waals surface area contributed by atoms with Crippen molar-refractivity contribution in [3.63, 3.8) is 0 Å². The summed E-state index contributed by atoms with van der Waals surface area (Å²) in [5.74, 6) is -0.384. The molecule has 3 heterocycles. The van der Waals surface area contributed by atoms with E-state index in [0.717, 1.165) is 26.9 Å². The third-order valence-electron chi connectivity index (χ3n) is 7.91. The van der Waals surface area contributed by atoms with Crippen molar-refractivity contribution in [1.82, 2.24) is 30.1 Å². The summed E-state index contributed by atoms with van der Waals surface area (Å²) in [4.78, 5) is 49.6. The van der Waals surface area contributed by atoms with Crippen molar-refractivity contribution in [2.45, 2.75) is 31.7 Å². The predicted molar refractivity (Wildman–Crippen MR) is 169 cm³/mol. The Hall–Kier alpha value is -4.45. The zero-order valence-corrected chi connectivity index (χ0v) is 25.4. The molecule has 12 heteroatoms. The molecule has 226 valence electrons. The normalized spacial score (nSPS) is 18.9. The molecule has 2 aliphatic heterocycles. The number of rotatable bonds is 8. The van der Waals surface area contributed by atoms with E-state index >= 15 is 0 Å². The molecule has 2 saturated heterocycles. The van der Waals surface area contributed by atoms with Gasteiger partial charge in [-0.05, 0) is 34.9 Å². The standard InChI is InChI=1S/C32H31ClN6O4S/c1-2-14-37-19-28(41)38-26(15-21-8-11-24(40)12-9-21)31(42)36(17-23-10-13-25(33)30-29(23)35-20-44-30)18-27(38)39(37)32(43)34-16-22-6-4-3-5-7-22/h2-13,20,26-27,40H,1,14-19H2,(H,34,43)/t26-,27-/m0/s1. The van der Waals surface area contributed by atoms with E-state index < -0.39 is 12.2 Å². The Morgan fingerprint density at radius 1 is 1.09 bits per heavy atom. The fraction of sp³-hybridized carbons (Fsp3) is 0.250. The van der Waals surface area contributed by atoms with Gasteiger partial charge in [-0.3, -0.25) is 9.59 Å². The average molecular weight is 631 g/mol. The average Bonchev–Trinajstić information content (AvgIpc) is 3.52. The molecule has 0 unspecified atom stereocenters. The van der Waals surface area contributed by atoms with Crippen LogP contribution in [0.3, 0.4) is 0 Å². The van der Waals surface area contributed by atoms with Gasteiger partial charge in [0.25, 0.3) is 0 Å². The fourth-order valence-corrected chi connectivity index (χ4v) is 6.89. The number of hydrazine groups is 1. The third kappa shape index (κ3) is 5.86. The van der Waals surface area contributed by atoms with E-state index in [-0.39, 0.29) is 56.2 Å². The van der Waals surface area contributed by atoms with E-state index in [0.29, 0.717) is 11.6 Å². The highest BCUT2D eigenvalue weighted by Crippen LogP contribution is 2.33. The lowest BCUT2D eigenvalue weighted by Gasteiger charge is -2.55. The summed E-state index contributed by atoms with van der Waals surface area (Å²) < 4.78 is 0.836. The highest BCUT2D eigenvalue weighted by atomic mass is 35.5. The first-order valence-corrected chi connectivity index (χ1v) is 15.4. The first kappa shape index (κ1) is 29.6. The molecule has 0 aliphatic carbocycles. The van der Waals surface area contributed by atoms with Crippen molar-refractivity contribution in [3.05, 3.63) is 107 Å². The number of carbonyl (C=O) groups excluding carboxylic acids is 3. The number of urea groups is 1. The van der Waals surface area contributed by atoms with Gasteiger partial charge in [-0.2, -0.15) is 0 Å². The number of aromatic nitrogens is 1. The second-order valence-corrected chi connectivity index (χ2v) is 12.0. The van der Waals surface area contributed by atoms with Crippen molar-refractivity contribution in [2.75, 3.05) is 19.6 Å². The lowest BCUT2D eigenvalue weighted by molar-refractivity contribution is -0.189. The summed E-state index contributed by atoms with van der Waals surface area (Å²) in [6.07, 6.45) is 1.09. The highest BCUT2D eigenvalue weighted by Gasteiger charge is 2.51. The summed E-state index contributed by atoms with van der Waals surface area (Å²) >= 11 is 7.84. The van der Waals surface area contributed by atoms with Crippen LogP contribution < -0.4 is 5.32 Å². The largest absolute Gasteiger partial charge is 0.508 e. The molecular formula is C32H31ClN6O4S. The maximum absolute atomic E-state index is 14.2. The van der Waals surface area contributed by atoms with Crippen molar-refractivity contribution >= 4 is 51.0 Å². The van der Waals surface area contributed by atoms with Gasteiger partial charge in [-0.1, -0.05) is 66.2 Å². The summed E-state index contributed by atoms with van der Waals surface area (Å²) in [6.45, 7) is 4.63. The first-order valence-electron chi connectivity index (χ1n) is 14.2. The molecule has 1 aromatic heterocycles. The molecule has 2 N–H and O–H groups in total. The van der Waals surface area contributed by atoms with Crippen LogP contribution in [-0.2, 0) is 29.1 Å². The summed E-state index contributed by atoms with van der Waals surface area (Å²) in [5.41, 5.74) is 4.97. The molecular weight excluding hydrogens is 600 g/mol. The number of fused-ring (bicyclic) bond motifs is 2. The van der Waals surface area contributed by atoms with Crippen LogP contribution in [0, 0.1) is 0 Å². The van der Waals surface area contributed by atoms with Gasteiger partial charge in [-0.15, -0.1) is 17.9 Å². The Morgan fingerprint density at radius 2 is 1.86 bits per heavy atom. The lowest BCUT2D eigenvalue weighted by atomic mass is 9.98. The molecule has 0 radical (unpaired) electrons. The lowest BCUT2D eigenvalue weighted by Crippen LogP contribution is -2.76. The van der Waals surface area contributed by atoms with Gasteiger partial charge in [0.15, 0.2) is 0 Å². The number of amides is 4. The highest BCUT2D eigenvalue weighted by molar-refractivity contribution is 7.17. The Morgan fingerprint density at radius 3 is 2.61 bits per heavy atom. The number of thiazole rings is 1. The van der Waals surface area contributed by atoms with Crippen LogP contribution >= 0.6 is 22.9 Å². The van der Waals surface area contributed by atoms with Gasteiger partial charge < -0.3 is 20.2 Å². The molecule has 2 aliphatic rings. The summed E-state index contributed by atoms with van der Waals surface area (Å²) in [5, 5.41) is 16.6. The Bertz CT molecular complexity index is 1700. The Balaban J connectivity index is 1.37. The van der Waals surface area contributed by atoms with Gasteiger partial charge in [-0.25, -0.2) is 19.8 Å². The van der Waals surface area contributed by atoms with Crippen molar-refractivity contribution in [3.8, 4) is 5.75 Å². The van der Waals surface area contributed by atoms with Gasteiger partial charge in [0, 0.05) is 26.1 Å². The molecule has 0 saturated carbocycles. The monoisotopic (exact) mass is 630 g/mol. The molecule has 0 bridgehead atoms. The predicted octanol–water partition coefficient (Wildman–Crippen LogP) is 4.39. The quantitative estimate of drug-likeness (QED) is 0.280. The summed E-state index contributed by atoms with van der Waals surface area (Å²) in [7, 11) is 0. The maximum Gasteiger partial charge on any atom is 0.334 e. The fourth-order valence-electron chi connectivity index (χ4n) is 5.86. The number of nitrogens with zero attached hydrogens (tertiary/aromatic N) is 5. The van der Waals surface area contributed by atoms with E-state index in [1.54, 1.807) is 61.7 Å². The van der Waals surface area contributed by atoms with E-state index in [4.69, 9.17) is 11.6 Å². The third-order valence-corrected chi connectivity index (χ3v) is 9.20. The van der Waals surface area contributed by atoms with E-state index in [1.807, 2.05) is 36.4 Å². The van der Waals surface area contributed by atoms with Gasteiger partial charge in [0.05, 0.1) is 33.8 Å². The number of halogens is 1. The molecule has 2 atom stereocenters. The number of hydrogen-bond acceptors (Lipinski definition) is 7. The number of nitrogens with one attached hydrogen (secondary N) is 1. The molecule has 44 heavy (non-hydrogen) atoms. The van der Waals surface area contributed by atoms with Gasteiger partial charge >= 0.3 is 6.03 Å². The minimum absolute atomic E-state index is 0.0860. The molecule has 2 fully saturated rings. The minimum Gasteiger partial charge on any atom is -0.508 e. The summed E-state index contributed by atoms with van der Waals surface area (Å²) in [6, 6.07) is 18.5. The van der Waals surface area contributed by atoms with E-state index in [9.17, 15) is 19.5 Å². The van der Waals surface area contributed by atoms with E-state index in [2.05, 4.69) is 16.9 Å². The number of aromatic hydroxyl groups is 1. The smallest absolute Gasteiger partial charge is 0.334 e. The Labute approximate surface area is 263 Å². The van der Waals surface area contributed by atoms with Crippen LogP contribution in [0.15, 0.2) is 84.9 Å². The number of phenolic OH excluding ortho intramolecular Hbond substituents is 1. The Kier molecular flexibility index (Phi) is 8.51. The van der Waals surface area contributed by atoms with Crippen molar-refractivity contribution in [2.24, 2.45) is 0 Å². The number of phenols is 1. The van der Waals surface area contributed by atoms with Crippen molar-refractivity contribution in [1.29, 1.82) is 0 Å². The SMILES string of the molecule is C=CCN1CC(=O)N2[C@@H](Cc3ccc(O)cc3)C(=O)N(Cc3ccc(Cl)c4scnc34)C[C@@H]2N1C(=O)NCc1ccccc1. The molecule has 6 rings (SSSR count). The maximum atomic E-state index is 14.2. The van der Waals surface area contributed by atoms with Gasteiger partial charge in [0.2, 0.25) is 11.8 Å². The second kappa shape index (κ2) is 12.7. The molecule has 3 aromatic carbocycles. The zero-order valence-electron chi connectivity index (χ0n) is 23.8. The zero-order chi connectivity index (χ0) is 30.8. The number of piperazine rings is 1. The molecule has 4 amide bonds. The number of benzene rings is 3. The van der Waals surface area contributed by atoms with Crippen LogP contribution in [0.25, 0.3) is 10.2 Å². The number of hydrogen-bond donors (Lipinski definition) is 2. The van der Waals surface area contributed by atoms with Crippen LogP contribution in [0.2, 0.25) is 5.02 Å². The van der Waals surface area contributed by atoms with Crippen LogP contribution in [0.1, 0.15) is 16.7 Å². The molecule has 10 nitrogen and oxygen atoms in total. The van der Waals surface area contributed by atoms with Crippen molar-refractivity contribution < 1.29 is 19.5 Å². The molecule has 0 spiro atoms. The van der Waals surface area contributed by atoms with Crippen LogP contribution in [0.4, 0.5) is 4.79 Å². The minimum atomic E-state index is -0.876. The van der Waals surface area contributed by atoms with E-state index in [1.165, 1.54) is 11.3 Å². The van der Waals surface area contributed by atoms with Gasteiger partial charge in [0.1, 0.15) is 18.0 Å². The molecule has 4 aromatic rings.